The van der Waals surface area contributed by atoms with Gasteiger partial charge in [0.1, 0.15) is 0 Å². The molecule has 0 heterocycles. The van der Waals surface area contributed by atoms with E-state index >= 15 is 0 Å². The smallest absolute Gasteiger partial charge is 0.374 e. The second-order valence-electron chi connectivity index (χ2n) is 3.26. The van der Waals surface area contributed by atoms with E-state index in [-0.39, 0.29) is 5.67 Å². The third-order valence-corrected chi connectivity index (χ3v) is 5.53. The zero-order valence-corrected chi connectivity index (χ0v) is 12.7. The minimum atomic E-state index is -2.61. The SMILES string of the molecule is CCO[Si](CCC([Si])N=C=O)(OCC)OCC. The Bertz CT molecular complexity index is 229. The molecule has 5 nitrogen and oxygen atoms in total. The summed E-state index contributed by atoms with van der Waals surface area (Å²) >= 11 is 0. The molecular formula is C10H20NO4Si2. The minimum Gasteiger partial charge on any atom is -0.374 e. The summed E-state index contributed by atoms with van der Waals surface area (Å²) in [6.07, 6.45) is 2.14. The van der Waals surface area contributed by atoms with Crippen molar-refractivity contribution < 1.29 is 18.1 Å². The van der Waals surface area contributed by atoms with E-state index in [1.54, 1.807) is 0 Å². The fourth-order valence-electron chi connectivity index (χ4n) is 1.44. The molecule has 17 heavy (non-hydrogen) atoms. The molecule has 0 aliphatic heterocycles. The van der Waals surface area contributed by atoms with Crippen LogP contribution in [0, 0.1) is 0 Å². The van der Waals surface area contributed by atoms with Gasteiger partial charge < -0.3 is 13.3 Å². The summed E-state index contributed by atoms with van der Waals surface area (Å²) in [7, 11) is 0.714. The molecule has 0 aromatic rings. The van der Waals surface area contributed by atoms with Crippen molar-refractivity contribution in [2.75, 3.05) is 19.8 Å². The lowest BCUT2D eigenvalue weighted by molar-refractivity contribution is 0.0708. The zero-order valence-electron chi connectivity index (χ0n) is 10.7. The lowest BCUT2D eigenvalue weighted by Gasteiger charge is -2.28. The number of hydrogen-bond donors (Lipinski definition) is 0. The van der Waals surface area contributed by atoms with E-state index < -0.39 is 8.80 Å². The normalized spacial score (nSPS) is 13.2. The summed E-state index contributed by atoms with van der Waals surface area (Å²) in [6, 6.07) is 0.627. The van der Waals surface area contributed by atoms with Crippen molar-refractivity contribution in [2.45, 2.75) is 38.9 Å². The number of rotatable bonds is 10. The highest BCUT2D eigenvalue weighted by Crippen LogP contribution is 2.19. The van der Waals surface area contributed by atoms with Crippen LogP contribution in [0.25, 0.3) is 0 Å². The molecule has 0 bridgehead atoms. The number of nitrogens with zero attached hydrogens (tertiary/aromatic N) is 1. The average molecular weight is 274 g/mol. The molecule has 0 aliphatic rings. The number of carbonyl (C=O) groups excluding carboxylic acids is 1. The maximum atomic E-state index is 10.1. The second kappa shape index (κ2) is 9.70. The van der Waals surface area contributed by atoms with Crippen LogP contribution in [0.3, 0.4) is 0 Å². The topological polar surface area (TPSA) is 57.1 Å². The lowest BCUT2D eigenvalue weighted by Crippen LogP contribution is -2.46. The molecule has 0 saturated heterocycles. The van der Waals surface area contributed by atoms with Crippen LogP contribution in [-0.2, 0) is 18.1 Å². The third kappa shape index (κ3) is 6.87. The van der Waals surface area contributed by atoms with Gasteiger partial charge in [-0.05, 0) is 27.2 Å². The van der Waals surface area contributed by atoms with Gasteiger partial charge in [0.15, 0.2) is 0 Å². The summed E-state index contributed by atoms with van der Waals surface area (Å²) < 4.78 is 17.0. The van der Waals surface area contributed by atoms with Gasteiger partial charge in [0, 0.05) is 31.5 Å². The number of aliphatic imine (C=N–C) groups is 1. The molecule has 97 valence electrons. The van der Waals surface area contributed by atoms with Gasteiger partial charge in [-0.25, -0.2) is 9.79 Å². The summed E-state index contributed by atoms with van der Waals surface area (Å²) in [5.74, 6) is 0. The van der Waals surface area contributed by atoms with Gasteiger partial charge in [-0.3, -0.25) is 0 Å². The predicted molar refractivity (Wildman–Crippen MR) is 67.7 cm³/mol. The quantitative estimate of drug-likeness (QED) is 0.342. The van der Waals surface area contributed by atoms with E-state index in [9.17, 15) is 4.79 Å². The molecule has 0 aliphatic carbocycles. The fraction of sp³-hybridized carbons (Fsp3) is 0.900. The highest BCUT2D eigenvalue weighted by molar-refractivity contribution is 6.60. The van der Waals surface area contributed by atoms with Gasteiger partial charge in [0.2, 0.25) is 6.08 Å². The fourth-order valence-corrected chi connectivity index (χ4v) is 4.56. The van der Waals surface area contributed by atoms with E-state index in [1.165, 1.54) is 6.08 Å². The first kappa shape index (κ1) is 16.7. The second-order valence-corrected chi connectivity index (χ2v) is 6.66. The van der Waals surface area contributed by atoms with Crippen LogP contribution >= 0.6 is 0 Å². The number of hydrogen-bond acceptors (Lipinski definition) is 5. The van der Waals surface area contributed by atoms with Crippen LogP contribution < -0.4 is 0 Å². The molecule has 0 amide bonds. The Kier molecular flexibility index (Phi) is 9.52. The summed E-state index contributed by atoms with van der Waals surface area (Å²) in [5, 5.41) is 0. The van der Waals surface area contributed by atoms with E-state index in [0.717, 1.165) is 0 Å². The molecule has 0 spiro atoms. The van der Waals surface area contributed by atoms with Crippen LogP contribution in [0.2, 0.25) is 6.04 Å². The Morgan fingerprint density at radius 1 is 1.18 bits per heavy atom. The summed E-state index contributed by atoms with van der Waals surface area (Å²) in [6.45, 7) is 7.39. The van der Waals surface area contributed by atoms with Crippen molar-refractivity contribution >= 4 is 25.1 Å². The standard InChI is InChI=1S/C10H20NO4Si2/c1-4-13-17(14-5-2,15-6-3)8-7-10(16)11-9-12/h10H,4-8H2,1-3H3. The summed E-state index contributed by atoms with van der Waals surface area (Å²) in [4.78, 5) is 13.7. The van der Waals surface area contributed by atoms with Crippen molar-refractivity contribution in [3.63, 3.8) is 0 Å². The monoisotopic (exact) mass is 274 g/mol. The Labute approximate surface area is 107 Å². The van der Waals surface area contributed by atoms with Gasteiger partial charge >= 0.3 is 8.80 Å². The molecule has 0 fully saturated rings. The molecule has 3 radical (unpaired) electrons. The maximum Gasteiger partial charge on any atom is 0.500 e. The van der Waals surface area contributed by atoms with Crippen molar-refractivity contribution in [3.8, 4) is 0 Å². The lowest BCUT2D eigenvalue weighted by atomic mass is 10.5. The van der Waals surface area contributed by atoms with Crippen molar-refractivity contribution in [1.82, 2.24) is 0 Å². The van der Waals surface area contributed by atoms with Gasteiger partial charge in [-0.2, -0.15) is 0 Å². The maximum absolute atomic E-state index is 10.1. The van der Waals surface area contributed by atoms with Gasteiger partial charge in [-0.1, -0.05) is 0 Å². The molecule has 0 N–H and O–H groups in total. The van der Waals surface area contributed by atoms with E-state index in [2.05, 4.69) is 15.2 Å². The van der Waals surface area contributed by atoms with E-state index in [4.69, 9.17) is 13.3 Å². The van der Waals surface area contributed by atoms with Crippen molar-refractivity contribution in [2.24, 2.45) is 4.99 Å². The van der Waals surface area contributed by atoms with Crippen LogP contribution in [0.5, 0.6) is 0 Å². The summed E-state index contributed by atoms with van der Waals surface area (Å²) in [5.41, 5.74) is -0.263. The molecular weight excluding hydrogens is 254 g/mol. The van der Waals surface area contributed by atoms with Crippen molar-refractivity contribution in [1.29, 1.82) is 0 Å². The highest BCUT2D eigenvalue weighted by atomic mass is 28.4. The van der Waals surface area contributed by atoms with Crippen molar-refractivity contribution in [3.05, 3.63) is 0 Å². The highest BCUT2D eigenvalue weighted by Gasteiger charge is 2.40. The van der Waals surface area contributed by atoms with Crippen LogP contribution in [0.4, 0.5) is 0 Å². The molecule has 0 rings (SSSR count). The molecule has 7 heteroatoms. The van der Waals surface area contributed by atoms with Crippen LogP contribution in [0.1, 0.15) is 27.2 Å². The first-order valence-corrected chi connectivity index (χ1v) is 8.35. The molecule has 1 unspecified atom stereocenters. The molecule has 0 aromatic heterocycles. The average Bonchev–Trinajstić information content (AvgIpc) is 2.28. The largest absolute Gasteiger partial charge is 0.500 e. The Balaban J connectivity index is 4.47. The minimum absolute atomic E-state index is 0.263. The molecule has 0 aromatic carbocycles. The Hall–Kier alpha value is -0.306. The first-order chi connectivity index (χ1) is 8.14. The Morgan fingerprint density at radius 3 is 2.00 bits per heavy atom. The molecule has 0 saturated carbocycles. The zero-order chi connectivity index (χ0) is 13.1. The third-order valence-electron chi connectivity index (χ3n) is 2.03. The van der Waals surface area contributed by atoms with Crippen LogP contribution in [0.15, 0.2) is 4.99 Å². The molecule has 1 atom stereocenters. The van der Waals surface area contributed by atoms with E-state index in [0.29, 0.717) is 32.3 Å². The number of isocyanates is 1. The van der Waals surface area contributed by atoms with E-state index in [1.807, 2.05) is 20.8 Å². The van der Waals surface area contributed by atoms with Gasteiger partial charge in [0.05, 0.1) is 10.2 Å². The Morgan fingerprint density at radius 2 is 1.65 bits per heavy atom. The van der Waals surface area contributed by atoms with Gasteiger partial charge in [-0.15, -0.1) is 0 Å². The predicted octanol–water partition coefficient (Wildman–Crippen LogP) is 1.26. The van der Waals surface area contributed by atoms with Gasteiger partial charge in [0.25, 0.3) is 0 Å². The first-order valence-electron chi connectivity index (χ1n) is 5.84. The van der Waals surface area contributed by atoms with Crippen LogP contribution in [-0.4, -0.2) is 50.6 Å².